The van der Waals surface area contributed by atoms with Gasteiger partial charge in [-0.25, -0.2) is 0 Å². The third kappa shape index (κ3) is 2.15. The monoisotopic (exact) mass is 348 g/mol. The fraction of sp³-hybridized carbons (Fsp3) is 0.700. The van der Waals surface area contributed by atoms with Gasteiger partial charge in [-0.2, -0.15) is 0 Å². The van der Waals surface area contributed by atoms with Gasteiger partial charge in [-0.1, -0.05) is 25.2 Å². The number of carboxylic acid groups (broad SMARTS) is 1. The highest BCUT2D eigenvalue weighted by Crippen LogP contribution is 2.64. The van der Waals surface area contributed by atoms with Gasteiger partial charge < -0.3 is 15.3 Å². The summed E-state index contributed by atoms with van der Waals surface area (Å²) in [5.41, 5.74) is -4.27. The Labute approximate surface area is 148 Å². The van der Waals surface area contributed by atoms with Crippen molar-refractivity contribution in [2.75, 3.05) is 0 Å². The standard InChI is InChI=1S/C20H28O5/c1-5-17(2)8-9-20(25)12(10-17)6-7-14-18(3,16(23)24)11-13(21)15(22)19(14,20)4/h5,8-9,12-14,21,25H,1,6-7,10-11H2,2-4H3,(H,23,24)/t12-,13+,14-,17-,18-,19+,20-/m1/s1. The number of fused-ring (bicyclic) bond motifs is 3. The van der Waals surface area contributed by atoms with Crippen LogP contribution in [0.3, 0.4) is 0 Å². The van der Waals surface area contributed by atoms with Crippen molar-refractivity contribution in [2.45, 2.75) is 58.2 Å². The van der Waals surface area contributed by atoms with Gasteiger partial charge in [-0.15, -0.1) is 6.58 Å². The number of ketones is 1. The average molecular weight is 348 g/mol. The van der Waals surface area contributed by atoms with E-state index in [1.165, 1.54) is 0 Å². The van der Waals surface area contributed by atoms with Crippen LogP contribution in [0, 0.1) is 28.1 Å². The summed E-state index contributed by atoms with van der Waals surface area (Å²) in [6, 6.07) is 0. The number of hydrogen-bond acceptors (Lipinski definition) is 4. The van der Waals surface area contributed by atoms with E-state index < -0.39 is 40.2 Å². The van der Waals surface area contributed by atoms with Gasteiger partial charge in [-0.3, -0.25) is 9.59 Å². The van der Waals surface area contributed by atoms with Gasteiger partial charge in [0.25, 0.3) is 0 Å². The lowest BCUT2D eigenvalue weighted by atomic mass is 9.41. The van der Waals surface area contributed by atoms with Gasteiger partial charge >= 0.3 is 5.97 Å². The van der Waals surface area contributed by atoms with E-state index in [4.69, 9.17) is 0 Å². The number of Topliss-reactive ketones (excluding diaryl/α,β-unsaturated/α-hetero) is 1. The summed E-state index contributed by atoms with van der Waals surface area (Å²) in [5, 5.41) is 31.8. The second-order valence-corrected chi connectivity index (χ2v) is 8.91. The number of rotatable bonds is 2. The highest BCUT2D eigenvalue weighted by Gasteiger charge is 2.70. The highest BCUT2D eigenvalue weighted by atomic mass is 16.4. The number of aliphatic hydroxyl groups excluding tert-OH is 1. The number of aliphatic hydroxyl groups is 2. The molecule has 25 heavy (non-hydrogen) atoms. The van der Waals surface area contributed by atoms with E-state index in [1.54, 1.807) is 19.9 Å². The van der Waals surface area contributed by atoms with Crippen molar-refractivity contribution in [3.05, 3.63) is 24.8 Å². The molecule has 2 fully saturated rings. The van der Waals surface area contributed by atoms with Crippen LogP contribution in [0.5, 0.6) is 0 Å². The van der Waals surface area contributed by atoms with Crippen molar-refractivity contribution < 1.29 is 24.9 Å². The number of allylic oxidation sites excluding steroid dienone is 2. The molecule has 7 atom stereocenters. The number of carbonyl (C=O) groups excluding carboxylic acids is 1. The lowest BCUT2D eigenvalue weighted by Crippen LogP contribution is -2.70. The minimum absolute atomic E-state index is 0.101. The molecule has 0 unspecified atom stereocenters. The Morgan fingerprint density at radius 1 is 1.24 bits per heavy atom. The molecule has 0 aromatic carbocycles. The smallest absolute Gasteiger partial charge is 0.309 e. The van der Waals surface area contributed by atoms with Crippen molar-refractivity contribution >= 4 is 11.8 Å². The van der Waals surface area contributed by atoms with E-state index in [0.717, 1.165) is 0 Å². The van der Waals surface area contributed by atoms with Gasteiger partial charge in [0, 0.05) is 5.41 Å². The van der Waals surface area contributed by atoms with Gasteiger partial charge in [0.2, 0.25) is 0 Å². The van der Waals surface area contributed by atoms with E-state index in [9.17, 15) is 24.9 Å². The van der Waals surface area contributed by atoms with E-state index in [2.05, 4.69) is 6.58 Å². The van der Waals surface area contributed by atoms with Crippen LogP contribution in [0.15, 0.2) is 24.8 Å². The van der Waals surface area contributed by atoms with Crippen LogP contribution in [0.1, 0.15) is 46.5 Å². The fourth-order valence-electron chi connectivity index (χ4n) is 5.76. The van der Waals surface area contributed by atoms with Crippen molar-refractivity contribution in [1.29, 1.82) is 0 Å². The first kappa shape index (κ1) is 18.3. The molecule has 0 radical (unpaired) electrons. The summed E-state index contributed by atoms with van der Waals surface area (Å²) in [5.74, 6) is -2.15. The largest absolute Gasteiger partial charge is 0.481 e. The molecular weight excluding hydrogens is 320 g/mol. The Balaban J connectivity index is 2.17. The fourth-order valence-corrected chi connectivity index (χ4v) is 5.76. The summed E-state index contributed by atoms with van der Waals surface area (Å²) in [6.07, 6.45) is 5.77. The Morgan fingerprint density at radius 2 is 1.88 bits per heavy atom. The zero-order chi connectivity index (χ0) is 18.8. The predicted octanol–water partition coefficient (Wildman–Crippen LogP) is 2.33. The Kier molecular flexibility index (Phi) is 3.87. The molecule has 0 heterocycles. The van der Waals surface area contributed by atoms with Gasteiger partial charge in [0.05, 0.1) is 16.4 Å². The van der Waals surface area contributed by atoms with E-state index in [1.807, 2.05) is 19.1 Å². The summed E-state index contributed by atoms with van der Waals surface area (Å²) in [7, 11) is 0. The molecule has 0 aromatic rings. The predicted molar refractivity (Wildman–Crippen MR) is 92.7 cm³/mol. The quantitative estimate of drug-likeness (QED) is 0.666. The first-order chi connectivity index (χ1) is 11.4. The average Bonchev–Trinajstić information content (AvgIpc) is 2.55. The van der Waals surface area contributed by atoms with Gasteiger partial charge in [-0.05, 0) is 51.4 Å². The maximum absolute atomic E-state index is 13.0. The van der Waals surface area contributed by atoms with Crippen LogP contribution < -0.4 is 0 Å². The maximum Gasteiger partial charge on any atom is 0.309 e. The second kappa shape index (κ2) is 5.27. The van der Waals surface area contributed by atoms with E-state index >= 15 is 0 Å². The molecular formula is C20H28O5. The molecule has 0 aromatic heterocycles. The third-order valence-electron chi connectivity index (χ3n) is 7.52. The minimum Gasteiger partial charge on any atom is -0.481 e. The zero-order valence-electron chi connectivity index (χ0n) is 15.2. The molecule has 3 aliphatic carbocycles. The first-order valence-corrected chi connectivity index (χ1v) is 8.97. The molecule has 0 saturated heterocycles. The van der Waals surface area contributed by atoms with E-state index in [-0.39, 0.29) is 17.8 Å². The lowest BCUT2D eigenvalue weighted by molar-refractivity contribution is -0.214. The Hall–Kier alpha value is -1.46. The number of carbonyl (C=O) groups is 2. The topological polar surface area (TPSA) is 94.8 Å². The third-order valence-corrected chi connectivity index (χ3v) is 7.52. The van der Waals surface area contributed by atoms with Crippen LogP contribution in [-0.2, 0) is 9.59 Å². The summed E-state index contributed by atoms with van der Waals surface area (Å²) < 4.78 is 0. The molecule has 138 valence electrons. The molecule has 3 aliphatic rings. The lowest BCUT2D eigenvalue weighted by Gasteiger charge is -2.63. The Bertz CT molecular complexity index is 669. The summed E-state index contributed by atoms with van der Waals surface area (Å²) in [4.78, 5) is 25.0. The Morgan fingerprint density at radius 3 is 2.44 bits per heavy atom. The van der Waals surface area contributed by atoms with Crippen molar-refractivity contribution in [3.63, 3.8) is 0 Å². The molecule has 3 N–H and O–H groups in total. The van der Waals surface area contributed by atoms with Crippen LogP contribution >= 0.6 is 0 Å². The van der Waals surface area contributed by atoms with Gasteiger partial charge in [0.1, 0.15) is 6.10 Å². The van der Waals surface area contributed by atoms with Crippen molar-refractivity contribution in [3.8, 4) is 0 Å². The first-order valence-electron chi connectivity index (χ1n) is 8.97. The molecule has 0 amide bonds. The molecule has 0 bridgehead atoms. The SMILES string of the molecule is C=C[C@]1(C)C=C[C@@]2(O)[C@H](CC[C@@H]3[C@](C)(C(=O)O)C[C@H](O)C(=O)[C@]32C)C1. The van der Waals surface area contributed by atoms with Crippen LogP contribution in [0.4, 0.5) is 0 Å². The molecule has 0 aliphatic heterocycles. The maximum atomic E-state index is 13.0. The van der Waals surface area contributed by atoms with Crippen LogP contribution in [0.25, 0.3) is 0 Å². The summed E-state index contributed by atoms with van der Waals surface area (Å²) >= 11 is 0. The molecule has 5 heteroatoms. The van der Waals surface area contributed by atoms with Crippen molar-refractivity contribution in [1.82, 2.24) is 0 Å². The van der Waals surface area contributed by atoms with E-state index in [0.29, 0.717) is 19.3 Å². The molecule has 2 saturated carbocycles. The second-order valence-electron chi connectivity index (χ2n) is 8.91. The van der Waals surface area contributed by atoms with Gasteiger partial charge in [0.15, 0.2) is 5.78 Å². The number of carboxylic acids is 1. The highest BCUT2D eigenvalue weighted by molar-refractivity contribution is 5.94. The number of aliphatic carboxylic acids is 1. The normalized spacial score (nSPS) is 52.2. The van der Waals surface area contributed by atoms with Crippen LogP contribution in [-0.4, -0.2) is 38.8 Å². The molecule has 5 nitrogen and oxygen atoms in total. The zero-order valence-corrected chi connectivity index (χ0v) is 15.2. The summed E-state index contributed by atoms with van der Waals surface area (Å²) in [6.45, 7) is 9.15. The van der Waals surface area contributed by atoms with Crippen molar-refractivity contribution in [2.24, 2.45) is 28.1 Å². The minimum atomic E-state index is -1.45. The van der Waals surface area contributed by atoms with Crippen LogP contribution in [0.2, 0.25) is 0 Å². The molecule has 0 spiro atoms. The number of hydrogen-bond donors (Lipinski definition) is 3. The molecule has 3 rings (SSSR count).